The number of aromatic hydroxyl groups is 1. The molecular formula is C27H24N2O7. The van der Waals surface area contributed by atoms with Crippen molar-refractivity contribution in [2.45, 2.75) is 39.7 Å². The fourth-order valence-corrected chi connectivity index (χ4v) is 4.59. The van der Waals surface area contributed by atoms with E-state index in [-0.39, 0.29) is 24.2 Å². The number of fused-ring (bicyclic) bond motifs is 3. The number of nitrogens with one attached hydrogen (secondary N) is 2. The lowest BCUT2D eigenvalue weighted by atomic mass is 10.0. The summed E-state index contributed by atoms with van der Waals surface area (Å²) >= 11 is 0. The summed E-state index contributed by atoms with van der Waals surface area (Å²) in [5.74, 6) is -1.01. The molecule has 1 amide bonds. The van der Waals surface area contributed by atoms with Crippen molar-refractivity contribution in [2.75, 3.05) is 0 Å². The Morgan fingerprint density at radius 3 is 2.47 bits per heavy atom. The maximum atomic E-state index is 12.9. The number of amides is 1. The first-order valence-electron chi connectivity index (χ1n) is 11.4. The molecule has 0 spiro atoms. The normalized spacial score (nSPS) is 12.4. The van der Waals surface area contributed by atoms with E-state index in [4.69, 9.17) is 8.83 Å². The van der Waals surface area contributed by atoms with Crippen LogP contribution in [-0.4, -0.2) is 33.1 Å². The molecule has 184 valence electrons. The topological polar surface area (TPSA) is 146 Å². The third-order valence-electron chi connectivity index (χ3n) is 6.73. The molecule has 3 heterocycles. The van der Waals surface area contributed by atoms with Gasteiger partial charge in [0.05, 0.1) is 12.0 Å². The second kappa shape index (κ2) is 8.60. The molecule has 4 N–H and O–H groups in total. The Balaban J connectivity index is 1.42. The summed E-state index contributed by atoms with van der Waals surface area (Å²) in [4.78, 5) is 40.5. The Labute approximate surface area is 204 Å². The number of hydrogen-bond acceptors (Lipinski definition) is 6. The van der Waals surface area contributed by atoms with E-state index >= 15 is 0 Å². The molecule has 5 aromatic rings. The zero-order chi connectivity index (χ0) is 25.7. The van der Waals surface area contributed by atoms with Gasteiger partial charge < -0.3 is 29.3 Å². The summed E-state index contributed by atoms with van der Waals surface area (Å²) in [5.41, 5.74) is 3.41. The number of aromatic amines is 1. The number of aliphatic carboxylic acids is 1. The van der Waals surface area contributed by atoms with E-state index in [1.165, 1.54) is 12.1 Å². The smallest absolute Gasteiger partial charge is 0.340 e. The highest BCUT2D eigenvalue weighted by atomic mass is 16.4. The third-order valence-corrected chi connectivity index (χ3v) is 6.73. The quantitative estimate of drug-likeness (QED) is 0.264. The standard InChI is InChI=1S/C27H24N2O7/c1-12-14(3)35-23-10-24-18(8-17(12)23)13(2)19(27(34)36-24)9-25(31)29-22(26(32)33)6-15-11-28-21-5-4-16(30)7-20(15)21/h4-5,7-8,10-11,22,28,30H,6,9H2,1-3H3,(H,29,31)(H,32,33). The van der Waals surface area contributed by atoms with Crippen molar-refractivity contribution < 1.29 is 28.6 Å². The van der Waals surface area contributed by atoms with Crippen LogP contribution in [0.4, 0.5) is 0 Å². The number of benzene rings is 2. The molecule has 9 heteroatoms. The molecule has 0 bridgehead atoms. The van der Waals surface area contributed by atoms with Crippen LogP contribution in [0.15, 0.2) is 50.2 Å². The maximum Gasteiger partial charge on any atom is 0.340 e. The second-order valence-electron chi connectivity index (χ2n) is 9.00. The zero-order valence-corrected chi connectivity index (χ0v) is 19.9. The lowest BCUT2D eigenvalue weighted by molar-refractivity contribution is -0.141. The Morgan fingerprint density at radius 2 is 1.72 bits per heavy atom. The first-order valence-corrected chi connectivity index (χ1v) is 11.4. The minimum Gasteiger partial charge on any atom is -0.508 e. The van der Waals surface area contributed by atoms with E-state index in [0.29, 0.717) is 33.1 Å². The highest BCUT2D eigenvalue weighted by Gasteiger charge is 2.24. The molecule has 1 unspecified atom stereocenters. The Morgan fingerprint density at radius 1 is 1.00 bits per heavy atom. The van der Waals surface area contributed by atoms with Crippen LogP contribution in [0.2, 0.25) is 0 Å². The summed E-state index contributed by atoms with van der Waals surface area (Å²) in [7, 11) is 0. The molecule has 0 radical (unpaired) electrons. The van der Waals surface area contributed by atoms with E-state index < -0.39 is 23.5 Å². The van der Waals surface area contributed by atoms with Crippen molar-refractivity contribution in [2.24, 2.45) is 0 Å². The van der Waals surface area contributed by atoms with Gasteiger partial charge in [0.1, 0.15) is 28.7 Å². The molecule has 0 aliphatic carbocycles. The van der Waals surface area contributed by atoms with Gasteiger partial charge in [-0.2, -0.15) is 0 Å². The molecule has 0 saturated carbocycles. The van der Waals surface area contributed by atoms with Gasteiger partial charge in [-0.1, -0.05) is 0 Å². The zero-order valence-electron chi connectivity index (χ0n) is 19.9. The summed E-state index contributed by atoms with van der Waals surface area (Å²) in [6, 6.07) is 7.06. The predicted octanol–water partition coefficient (Wildman–Crippen LogP) is 4.01. The Kier molecular flexibility index (Phi) is 5.55. The SMILES string of the molecule is Cc1oc2cc3oc(=O)c(CC(=O)NC(Cc4c[nH]c5ccc(O)cc45)C(=O)O)c(C)c3cc2c1C. The molecule has 0 saturated heterocycles. The van der Waals surface area contributed by atoms with E-state index in [1.807, 2.05) is 19.9 Å². The minimum absolute atomic E-state index is 0.00701. The summed E-state index contributed by atoms with van der Waals surface area (Å²) in [6.45, 7) is 5.54. The highest BCUT2D eigenvalue weighted by Crippen LogP contribution is 2.31. The van der Waals surface area contributed by atoms with Crippen LogP contribution in [0.5, 0.6) is 5.75 Å². The molecule has 3 aromatic heterocycles. The number of aromatic nitrogens is 1. The molecule has 0 fully saturated rings. The first-order chi connectivity index (χ1) is 17.1. The minimum atomic E-state index is -1.23. The van der Waals surface area contributed by atoms with Gasteiger partial charge in [0, 0.05) is 40.4 Å². The molecule has 0 aliphatic heterocycles. The van der Waals surface area contributed by atoms with Crippen molar-refractivity contribution in [3.8, 4) is 5.75 Å². The number of hydrogen-bond donors (Lipinski definition) is 4. The van der Waals surface area contributed by atoms with Crippen molar-refractivity contribution in [1.82, 2.24) is 10.3 Å². The second-order valence-corrected chi connectivity index (χ2v) is 9.00. The molecule has 5 rings (SSSR count). The van der Waals surface area contributed by atoms with Gasteiger partial charge in [-0.05, 0) is 61.7 Å². The summed E-state index contributed by atoms with van der Waals surface area (Å²) in [6.07, 6.45) is 1.31. The number of carboxylic acid groups (broad SMARTS) is 1. The lowest BCUT2D eigenvalue weighted by Crippen LogP contribution is -2.43. The van der Waals surface area contributed by atoms with Crippen LogP contribution < -0.4 is 10.9 Å². The maximum absolute atomic E-state index is 12.9. The average Bonchev–Trinajstić information content (AvgIpc) is 3.34. The van der Waals surface area contributed by atoms with Crippen LogP contribution in [0.25, 0.3) is 32.8 Å². The number of carboxylic acids is 1. The van der Waals surface area contributed by atoms with Crippen molar-refractivity contribution >= 4 is 44.7 Å². The van der Waals surface area contributed by atoms with Crippen molar-refractivity contribution in [3.05, 3.63) is 75.0 Å². The monoisotopic (exact) mass is 488 g/mol. The molecule has 1 atom stereocenters. The van der Waals surface area contributed by atoms with E-state index in [2.05, 4.69) is 10.3 Å². The van der Waals surface area contributed by atoms with Crippen molar-refractivity contribution in [3.63, 3.8) is 0 Å². The molecule has 9 nitrogen and oxygen atoms in total. The largest absolute Gasteiger partial charge is 0.508 e. The molecule has 36 heavy (non-hydrogen) atoms. The van der Waals surface area contributed by atoms with E-state index in [0.717, 1.165) is 22.2 Å². The fourth-order valence-electron chi connectivity index (χ4n) is 4.59. The number of phenolic OH excluding ortho intramolecular Hbond substituents is 1. The van der Waals surface area contributed by atoms with Gasteiger partial charge >= 0.3 is 11.6 Å². The lowest BCUT2D eigenvalue weighted by Gasteiger charge is -2.15. The van der Waals surface area contributed by atoms with Gasteiger partial charge in [0.25, 0.3) is 0 Å². The van der Waals surface area contributed by atoms with Crippen LogP contribution >= 0.6 is 0 Å². The highest BCUT2D eigenvalue weighted by molar-refractivity contribution is 5.97. The number of aryl methyl sites for hydroxylation is 3. The van der Waals surface area contributed by atoms with Gasteiger partial charge in [-0.25, -0.2) is 9.59 Å². The number of furan rings is 1. The van der Waals surface area contributed by atoms with Gasteiger partial charge in [-0.3, -0.25) is 4.79 Å². The summed E-state index contributed by atoms with van der Waals surface area (Å²) < 4.78 is 11.2. The molecule has 2 aromatic carbocycles. The van der Waals surface area contributed by atoms with Gasteiger partial charge in [0.15, 0.2) is 0 Å². The van der Waals surface area contributed by atoms with Crippen LogP contribution in [0.3, 0.4) is 0 Å². The fraction of sp³-hybridized carbons (Fsp3) is 0.222. The number of phenols is 1. The van der Waals surface area contributed by atoms with Crippen molar-refractivity contribution in [1.29, 1.82) is 0 Å². The van der Waals surface area contributed by atoms with Gasteiger partial charge in [0.2, 0.25) is 5.91 Å². The Hall–Kier alpha value is -4.53. The number of carbonyl (C=O) groups is 2. The van der Waals surface area contributed by atoms with Crippen LogP contribution in [-0.2, 0) is 22.4 Å². The molecular weight excluding hydrogens is 464 g/mol. The van der Waals surface area contributed by atoms with Crippen LogP contribution in [0, 0.1) is 20.8 Å². The summed E-state index contributed by atoms with van der Waals surface area (Å²) in [5, 5.41) is 24.3. The number of H-pyrrole nitrogens is 1. The number of rotatable bonds is 6. The van der Waals surface area contributed by atoms with Crippen LogP contribution in [0.1, 0.15) is 28.0 Å². The van der Waals surface area contributed by atoms with Gasteiger partial charge in [-0.15, -0.1) is 0 Å². The Bertz CT molecular complexity index is 1740. The van der Waals surface area contributed by atoms with E-state index in [9.17, 15) is 24.6 Å². The third kappa shape index (κ3) is 3.98. The molecule has 0 aliphatic rings. The average molecular weight is 488 g/mol. The first kappa shape index (κ1) is 23.2. The number of carbonyl (C=O) groups excluding carboxylic acids is 1. The van der Waals surface area contributed by atoms with E-state index in [1.54, 1.807) is 25.3 Å². The predicted molar refractivity (Wildman–Crippen MR) is 133 cm³/mol.